The number of likely N-dealkylation sites (N-methyl/N-ethyl adjacent to an activating group) is 1. The molecule has 0 radical (unpaired) electrons. The molecular weight excluding hydrogens is 318 g/mol. The SMILES string of the molecule is CN(C)CC1COC2(CCCC2)CN1Cc1nc(N)nc(N(C)C)n1. The molecule has 1 aromatic rings. The van der Waals surface area contributed by atoms with Crippen LogP contribution in [0.25, 0.3) is 0 Å². The van der Waals surface area contributed by atoms with Gasteiger partial charge in [0, 0.05) is 33.2 Å². The first kappa shape index (κ1) is 18.3. The van der Waals surface area contributed by atoms with E-state index in [2.05, 4.69) is 38.8 Å². The van der Waals surface area contributed by atoms with Crippen LogP contribution >= 0.6 is 0 Å². The summed E-state index contributed by atoms with van der Waals surface area (Å²) in [5, 5.41) is 0. The highest BCUT2D eigenvalue weighted by Crippen LogP contribution is 2.37. The van der Waals surface area contributed by atoms with Gasteiger partial charge in [0.15, 0.2) is 0 Å². The van der Waals surface area contributed by atoms with Crippen LogP contribution in [-0.2, 0) is 11.3 Å². The lowest BCUT2D eigenvalue weighted by molar-refractivity contribution is -0.136. The van der Waals surface area contributed by atoms with Gasteiger partial charge in [-0.25, -0.2) is 0 Å². The fourth-order valence-electron chi connectivity index (χ4n) is 3.90. The van der Waals surface area contributed by atoms with E-state index >= 15 is 0 Å². The maximum Gasteiger partial charge on any atom is 0.229 e. The van der Waals surface area contributed by atoms with E-state index in [1.165, 1.54) is 12.8 Å². The molecule has 3 rings (SSSR count). The number of nitrogens with two attached hydrogens (primary N) is 1. The van der Waals surface area contributed by atoms with Crippen molar-refractivity contribution in [2.24, 2.45) is 0 Å². The van der Waals surface area contributed by atoms with E-state index in [9.17, 15) is 0 Å². The topological polar surface area (TPSA) is 83.6 Å². The molecule has 1 unspecified atom stereocenters. The average molecular weight is 349 g/mol. The van der Waals surface area contributed by atoms with Gasteiger partial charge in [0.2, 0.25) is 11.9 Å². The van der Waals surface area contributed by atoms with Crippen LogP contribution in [0.5, 0.6) is 0 Å². The Balaban J connectivity index is 1.80. The van der Waals surface area contributed by atoms with Crippen molar-refractivity contribution in [1.29, 1.82) is 0 Å². The van der Waals surface area contributed by atoms with Gasteiger partial charge in [0.1, 0.15) is 5.82 Å². The van der Waals surface area contributed by atoms with E-state index in [1.54, 1.807) is 0 Å². The first-order chi connectivity index (χ1) is 11.9. The summed E-state index contributed by atoms with van der Waals surface area (Å²) in [6.07, 6.45) is 4.83. The van der Waals surface area contributed by atoms with Crippen molar-refractivity contribution in [2.75, 3.05) is 58.5 Å². The summed E-state index contributed by atoms with van der Waals surface area (Å²) in [7, 11) is 8.03. The van der Waals surface area contributed by atoms with E-state index in [4.69, 9.17) is 10.5 Å². The zero-order chi connectivity index (χ0) is 18.0. The number of nitrogens with zero attached hydrogens (tertiary/aromatic N) is 6. The smallest absolute Gasteiger partial charge is 0.229 e. The van der Waals surface area contributed by atoms with Crippen LogP contribution in [0.15, 0.2) is 0 Å². The van der Waals surface area contributed by atoms with Crippen LogP contribution in [0.1, 0.15) is 31.5 Å². The lowest BCUT2D eigenvalue weighted by Gasteiger charge is -2.46. The van der Waals surface area contributed by atoms with Crippen molar-refractivity contribution in [1.82, 2.24) is 24.8 Å². The molecule has 1 aliphatic carbocycles. The number of ether oxygens (including phenoxy) is 1. The molecule has 0 amide bonds. The number of hydrogen-bond donors (Lipinski definition) is 1. The Labute approximate surface area is 150 Å². The molecule has 1 atom stereocenters. The summed E-state index contributed by atoms with van der Waals surface area (Å²) < 4.78 is 6.34. The quantitative estimate of drug-likeness (QED) is 0.827. The number of rotatable bonds is 5. The Kier molecular flexibility index (Phi) is 5.41. The van der Waals surface area contributed by atoms with Gasteiger partial charge < -0.3 is 20.3 Å². The highest BCUT2D eigenvalue weighted by atomic mass is 16.5. The molecule has 1 spiro atoms. The second-order valence-electron chi connectivity index (χ2n) is 7.83. The van der Waals surface area contributed by atoms with Crippen LogP contribution in [0.4, 0.5) is 11.9 Å². The van der Waals surface area contributed by atoms with Crippen molar-refractivity contribution in [3.05, 3.63) is 5.82 Å². The van der Waals surface area contributed by atoms with E-state index < -0.39 is 0 Å². The number of anilines is 2. The van der Waals surface area contributed by atoms with Gasteiger partial charge in [-0.05, 0) is 26.9 Å². The normalized spacial score (nSPS) is 23.5. The molecule has 1 aromatic heterocycles. The molecule has 8 nitrogen and oxygen atoms in total. The van der Waals surface area contributed by atoms with Gasteiger partial charge in [-0.3, -0.25) is 4.90 Å². The summed E-state index contributed by atoms with van der Waals surface area (Å²) >= 11 is 0. The lowest BCUT2D eigenvalue weighted by Crippen LogP contribution is -2.57. The Morgan fingerprint density at radius 1 is 1.16 bits per heavy atom. The van der Waals surface area contributed by atoms with Gasteiger partial charge in [-0.2, -0.15) is 15.0 Å². The van der Waals surface area contributed by atoms with Gasteiger partial charge in [0.05, 0.1) is 18.8 Å². The summed E-state index contributed by atoms with van der Waals surface area (Å²) in [4.78, 5) is 19.7. The fourth-order valence-corrected chi connectivity index (χ4v) is 3.90. The maximum atomic E-state index is 6.34. The van der Waals surface area contributed by atoms with Crippen molar-refractivity contribution >= 4 is 11.9 Å². The summed E-state index contributed by atoms with van der Waals surface area (Å²) in [6, 6.07) is 0.335. The second-order valence-corrected chi connectivity index (χ2v) is 7.83. The highest BCUT2D eigenvalue weighted by Gasteiger charge is 2.42. The summed E-state index contributed by atoms with van der Waals surface area (Å²) in [5.74, 6) is 1.62. The molecule has 2 N–H and O–H groups in total. The van der Waals surface area contributed by atoms with E-state index in [-0.39, 0.29) is 11.5 Å². The molecule has 2 fully saturated rings. The molecule has 0 aromatic carbocycles. The predicted molar refractivity (Wildman–Crippen MR) is 98.5 cm³/mol. The van der Waals surface area contributed by atoms with Crippen LogP contribution < -0.4 is 10.6 Å². The van der Waals surface area contributed by atoms with Crippen LogP contribution in [0.2, 0.25) is 0 Å². The highest BCUT2D eigenvalue weighted by molar-refractivity contribution is 5.32. The van der Waals surface area contributed by atoms with Crippen molar-refractivity contribution in [2.45, 2.75) is 43.9 Å². The zero-order valence-electron chi connectivity index (χ0n) is 15.9. The monoisotopic (exact) mass is 349 g/mol. The number of morpholine rings is 1. The molecule has 1 saturated heterocycles. The number of aromatic nitrogens is 3. The second kappa shape index (κ2) is 7.39. The largest absolute Gasteiger partial charge is 0.372 e. The molecule has 2 heterocycles. The maximum absolute atomic E-state index is 6.34. The standard InChI is InChI=1S/C17H31N7O/c1-22(2)9-13-11-25-17(7-5-6-8-17)12-24(13)10-14-19-15(18)21-16(20-14)23(3)4/h13H,5-12H2,1-4H3,(H2,18,19,20,21). The van der Waals surface area contributed by atoms with E-state index in [0.29, 0.717) is 18.5 Å². The molecule has 1 aliphatic heterocycles. The first-order valence-electron chi connectivity index (χ1n) is 9.07. The van der Waals surface area contributed by atoms with Crippen molar-refractivity contribution in [3.8, 4) is 0 Å². The minimum atomic E-state index is 0.0196. The Morgan fingerprint density at radius 2 is 1.88 bits per heavy atom. The fraction of sp³-hybridized carbons (Fsp3) is 0.824. The summed E-state index contributed by atoms with van der Waals surface area (Å²) in [6.45, 7) is 3.34. The number of nitrogen functional groups attached to an aromatic ring is 1. The minimum absolute atomic E-state index is 0.0196. The third kappa shape index (κ3) is 4.37. The minimum Gasteiger partial charge on any atom is -0.372 e. The Hall–Kier alpha value is -1.51. The molecular formula is C17H31N7O. The van der Waals surface area contributed by atoms with Crippen molar-refractivity contribution < 1.29 is 4.74 Å². The van der Waals surface area contributed by atoms with Crippen LogP contribution in [0, 0.1) is 0 Å². The van der Waals surface area contributed by atoms with Gasteiger partial charge in [0.25, 0.3) is 0 Å². The van der Waals surface area contributed by atoms with Crippen LogP contribution in [-0.4, -0.2) is 84.3 Å². The zero-order valence-corrected chi connectivity index (χ0v) is 15.9. The van der Waals surface area contributed by atoms with Gasteiger partial charge in [-0.1, -0.05) is 12.8 Å². The molecule has 0 bridgehead atoms. The van der Waals surface area contributed by atoms with E-state index in [1.807, 2.05) is 19.0 Å². The molecule has 25 heavy (non-hydrogen) atoms. The molecule has 1 saturated carbocycles. The molecule has 140 valence electrons. The van der Waals surface area contributed by atoms with Crippen LogP contribution in [0.3, 0.4) is 0 Å². The third-order valence-electron chi connectivity index (χ3n) is 5.11. The van der Waals surface area contributed by atoms with E-state index in [0.717, 1.165) is 38.4 Å². The third-order valence-corrected chi connectivity index (χ3v) is 5.11. The number of hydrogen-bond acceptors (Lipinski definition) is 8. The predicted octanol–water partition coefficient (Wildman–Crippen LogP) is 0.595. The van der Waals surface area contributed by atoms with Crippen molar-refractivity contribution in [3.63, 3.8) is 0 Å². The average Bonchev–Trinajstić information content (AvgIpc) is 2.97. The Bertz CT molecular complexity index is 586. The molecule has 2 aliphatic rings. The first-order valence-corrected chi connectivity index (χ1v) is 9.07. The van der Waals surface area contributed by atoms with Gasteiger partial charge in [-0.15, -0.1) is 0 Å². The van der Waals surface area contributed by atoms with Gasteiger partial charge >= 0.3 is 0 Å². The summed E-state index contributed by atoms with van der Waals surface area (Å²) in [5.41, 5.74) is 5.91. The Morgan fingerprint density at radius 3 is 2.52 bits per heavy atom. The lowest BCUT2D eigenvalue weighted by atomic mass is 9.97. The molecule has 8 heteroatoms.